The first kappa shape index (κ1) is 7.25. The van der Waals surface area contributed by atoms with Gasteiger partial charge in [-0.25, -0.2) is 0 Å². The molecule has 0 saturated carbocycles. The van der Waals surface area contributed by atoms with E-state index >= 15 is 0 Å². The minimum atomic E-state index is 0.280. The van der Waals surface area contributed by atoms with Crippen LogP contribution in [0.1, 0.15) is 0 Å². The molecule has 1 aromatic carbocycles. The summed E-state index contributed by atoms with van der Waals surface area (Å²) in [5.74, 6) is 1.44. The SMILES string of the molecule is Clc1cc2c(cc1Br)OCO2. The molecule has 0 fully saturated rings. The highest BCUT2D eigenvalue weighted by Gasteiger charge is 2.14. The van der Waals surface area contributed by atoms with E-state index in [1.54, 1.807) is 12.1 Å². The Balaban J connectivity index is 2.57. The number of fused-ring (bicyclic) bond motifs is 1. The Morgan fingerprint density at radius 3 is 2.64 bits per heavy atom. The van der Waals surface area contributed by atoms with Gasteiger partial charge in [-0.1, -0.05) is 11.6 Å². The first-order valence-corrected chi connectivity index (χ1v) is 4.19. The molecule has 58 valence electrons. The average Bonchev–Trinajstić information content (AvgIpc) is 2.36. The van der Waals surface area contributed by atoms with E-state index in [1.165, 1.54) is 0 Å². The lowest BCUT2D eigenvalue weighted by Gasteiger charge is -1.97. The zero-order valence-corrected chi connectivity index (χ0v) is 7.78. The smallest absolute Gasteiger partial charge is 0.231 e. The van der Waals surface area contributed by atoms with Crippen LogP contribution in [0, 0.1) is 0 Å². The van der Waals surface area contributed by atoms with Gasteiger partial charge < -0.3 is 9.47 Å². The molecule has 2 nitrogen and oxygen atoms in total. The quantitative estimate of drug-likeness (QED) is 0.688. The topological polar surface area (TPSA) is 18.5 Å². The molecule has 0 saturated heterocycles. The summed E-state index contributed by atoms with van der Waals surface area (Å²) in [4.78, 5) is 0. The minimum absolute atomic E-state index is 0.280. The molecule has 1 heterocycles. The molecule has 0 aromatic heterocycles. The number of hydrogen-bond donors (Lipinski definition) is 0. The van der Waals surface area contributed by atoms with Crippen LogP contribution < -0.4 is 9.47 Å². The van der Waals surface area contributed by atoms with E-state index in [-0.39, 0.29) is 6.79 Å². The van der Waals surface area contributed by atoms with Crippen molar-refractivity contribution >= 4 is 27.5 Å². The molecule has 0 N–H and O–H groups in total. The summed E-state index contributed by atoms with van der Waals surface area (Å²) in [7, 11) is 0. The number of benzene rings is 1. The van der Waals surface area contributed by atoms with Gasteiger partial charge in [-0.15, -0.1) is 0 Å². The zero-order chi connectivity index (χ0) is 7.84. The second-order valence-electron chi connectivity index (χ2n) is 2.12. The fraction of sp³-hybridized carbons (Fsp3) is 0.143. The summed E-state index contributed by atoms with van der Waals surface area (Å²) < 4.78 is 11.1. The van der Waals surface area contributed by atoms with Crippen LogP contribution in [0.4, 0.5) is 0 Å². The van der Waals surface area contributed by atoms with Crippen molar-refractivity contribution in [2.24, 2.45) is 0 Å². The molecule has 1 aliphatic rings. The first-order chi connectivity index (χ1) is 5.27. The number of hydrogen-bond acceptors (Lipinski definition) is 2. The first-order valence-electron chi connectivity index (χ1n) is 3.02. The minimum Gasteiger partial charge on any atom is -0.454 e. The van der Waals surface area contributed by atoms with Crippen molar-refractivity contribution in [3.05, 3.63) is 21.6 Å². The van der Waals surface area contributed by atoms with Crippen molar-refractivity contribution < 1.29 is 9.47 Å². The summed E-state index contributed by atoms with van der Waals surface area (Å²) >= 11 is 9.09. The lowest BCUT2D eigenvalue weighted by Crippen LogP contribution is -1.92. The van der Waals surface area contributed by atoms with Crippen molar-refractivity contribution in [2.45, 2.75) is 0 Å². The lowest BCUT2D eigenvalue weighted by atomic mass is 10.3. The van der Waals surface area contributed by atoms with Gasteiger partial charge in [0.25, 0.3) is 0 Å². The molecule has 1 aliphatic heterocycles. The molecule has 0 amide bonds. The van der Waals surface area contributed by atoms with Crippen LogP contribution >= 0.6 is 27.5 Å². The van der Waals surface area contributed by atoms with E-state index in [1.807, 2.05) is 0 Å². The Kier molecular flexibility index (Phi) is 1.69. The molecule has 0 aliphatic carbocycles. The van der Waals surface area contributed by atoms with E-state index in [2.05, 4.69) is 15.9 Å². The molecule has 1 aromatic rings. The maximum absolute atomic E-state index is 5.81. The van der Waals surface area contributed by atoms with Crippen LogP contribution in [0.3, 0.4) is 0 Å². The molecule has 0 radical (unpaired) electrons. The Labute approximate surface area is 77.2 Å². The second kappa shape index (κ2) is 2.57. The summed E-state index contributed by atoms with van der Waals surface area (Å²) in [5, 5.41) is 0.634. The molecule has 2 rings (SSSR count). The van der Waals surface area contributed by atoms with Crippen molar-refractivity contribution in [2.75, 3.05) is 6.79 Å². The van der Waals surface area contributed by atoms with Gasteiger partial charge in [-0.3, -0.25) is 0 Å². The van der Waals surface area contributed by atoms with Crippen molar-refractivity contribution in [1.82, 2.24) is 0 Å². The largest absolute Gasteiger partial charge is 0.454 e. The molecular formula is C7H4BrClO2. The molecule has 0 atom stereocenters. The van der Waals surface area contributed by atoms with Gasteiger partial charge in [0.1, 0.15) is 0 Å². The highest BCUT2D eigenvalue weighted by molar-refractivity contribution is 9.10. The van der Waals surface area contributed by atoms with E-state index in [0.29, 0.717) is 10.8 Å². The Hall–Kier alpha value is -0.410. The molecule has 0 bridgehead atoms. The fourth-order valence-electron chi connectivity index (χ4n) is 0.892. The second-order valence-corrected chi connectivity index (χ2v) is 3.38. The van der Waals surface area contributed by atoms with E-state index in [4.69, 9.17) is 21.1 Å². The molecule has 4 heteroatoms. The Morgan fingerprint density at radius 2 is 1.91 bits per heavy atom. The van der Waals surface area contributed by atoms with Gasteiger partial charge in [0.15, 0.2) is 11.5 Å². The summed E-state index contributed by atoms with van der Waals surface area (Å²) in [6, 6.07) is 3.53. The van der Waals surface area contributed by atoms with Gasteiger partial charge >= 0.3 is 0 Å². The zero-order valence-electron chi connectivity index (χ0n) is 5.43. The van der Waals surface area contributed by atoms with Crippen molar-refractivity contribution in [1.29, 1.82) is 0 Å². The van der Waals surface area contributed by atoms with Gasteiger partial charge in [0.05, 0.1) is 5.02 Å². The predicted octanol–water partition coefficient (Wildman–Crippen LogP) is 2.83. The average molecular weight is 235 g/mol. The molecule has 0 spiro atoms. The van der Waals surface area contributed by atoms with Gasteiger partial charge in [-0.05, 0) is 22.0 Å². The van der Waals surface area contributed by atoms with Crippen molar-refractivity contribution in [3.63, 3.8) is 0 Å². The van der Waals surface area contributed by atoms with Crippen LogP contribution in [0.2, 0.25) is 5.02 Å². The number of ether oxygens (including phenoxy) is 2. The van der Waals surface area contributed by atoms with Gasteiger partial charge in [0.2, 0.25) is 6.79 Å². The normalized spacial score (nSPS) is 13.6. The Morgan fingerprint density at radius 1 is 1.27 bits per heavy atom. The molecule has 11 heavy (non-hydrogen) atoms. The maximum atomic E-state index is 5.81. The van der Waals surface area contributed by atoms with Gasteiger partial charge in [0, 0.05) is 10.5 Å². The summed E-state index contributed by atoms with van der Waals surface area (Å²) in [6.45, 7) is 0.280. The lowest BCUT2D eigenvalue weighted by molar-refractivity contribution is 0.174. The summed E-state index contributed by atoms with van der Waals surface area (Å²) in [6.07, 6.45) is 0. The third-order valence-corrected chi connectivity index (χ3v) is 2.61. The Bertz CT molecular complexity index is 272. The standard InChI is InChI=1S/C7H4BrClO2/c8-4-1-6-7(2-5(4)9)11-3-10-6/h1-2H,3H2. The number of halogens is 2. The van der Waals surface area contributed by atoms with Gasteiger partial charge in [-0.2, -0.15) is 0 Å². The fourth-order valence-corrected chi connectivity index (χ4v) is 1.37. The maximum Gasteiger partial charge on any atom is 0.231 e. The highest BCUT2D eigenvalue weighted by atomic mass is 79.9. The van der Waals surface area contributed by atoms with Crippen molar-refractivity contribution in [3.8, 4) is 11.5 Å². The summed E-state index contributed by atoms with van der Waals surface area (Å²) in [5.41, 5.74) is 0. The van der Waals surface area contributed by atoms with Crippen LogP contribution in [0.15, 0.2) is 16.6 Å². The van der Waals surface area contributed by atoms with Crippen LogP contribution in [0.25, 0.3) is 0 Å². The third kappa shape index (κ3) is 1.19. The van der Waals surface area contributed by atoms with Crippen LogP contribution in [0.5, 0.6) is 11.5 Å². The highest BCUT2D eigenvalue weighted by Crippen LogP contribution is 2.38. The van der Waals surface area contributed by atoms with E-state index < -0.39 is 0 Å². The molecular weight excluding hydrogens is 231 g/mol. The third-order valence-electron chi connectivity index (χ3n) is 1.42. The monoisotopic (exact) mass is 234 g/mol. The van der Waals surface area contributed by atoms with Crippen LogP contribution in [-0.2, 0) is 0 Å². The predicted molar refractivity (Wildman–Crippen MR) is 45.3 cm³/mol. The molecule has 0 unspecified atom stereocenters. The van der Waals surface area contributed by atoms with E-state index in [9.17, 15) is 0 Å². The van der Waals surface area contributed by atoms with E-state index in [0.717, 1.165) is 10.2 Å². The van der Waals surface area contributed by atoms with Crippen LogP contribution in [-0.4, -0.2) is 6.79 Å². The number of rotatable bonds is 0.